The largest absolute Gasteiger partial charge is 0.465 e. The summed E-state index contributed by atoms with van der Waals surface area (Å²) in [5, 5.41) is 0. The van der Waals surface area contributed by atoms with Gasteiger partial charge in [-0.25, -0.2) is 19.2 Å². The molecule has 0 bridgehead atoms. The second-order valence-corrected chi connectivity index (χ2v) is 4.79. The molecular weight excluding hydrogens is 285 g/mol. The fourth-order valence-corrected chi connectivity index (χ4v) is 2.35. The Morgan fingerprint density at radius 3 is 2.68 bits per heavy atom. The molecule has 3 aromatic rings. The fraction of sp³-hybridized carbons (Fsp3) is 0.188. The number of ether oxygens (including phenoxy) is 1. The number of pyridine rings is 1. The minimum atomic E-state index is -0.395. The van der Waals surface area contributed by atoms with Gasteiger partial charge in [-0.3, -0.25) is 0 Å². The number of fused-ring (bicyclic) bond motifs is 1. The summed E-state index contributed by atoms with van der Waals surface area (Å²) in [5.41, 5.74) is 2.89. The van der Waals surface area contributed by atoms with Crippen molar-refractivity contribution < 1.29 is 13.9 Å². The molecule has 0 radical (unpaired) electrons. The Morgan fingerprint density at radius 2 is 2.05 bits per heavy atom. The number of nitrogens with one attached hydrogen (secondary N) is 1. The van der Waals surface area contributed by atoms with E-state index in [1.165, 1.54) is 13.3 Å². The second-order valence-electron chi connectivity index (χ2n) is 4.79. The normalized spacial score (nSPS) is 10.9. The molecule has 2 heterocycles. The molecule has 5 nitrogen and oxygen atoms in total. The van der Waals surface area contributed by atoms with Gasteiger partial charge in [-0.1, -0.05) is 19.1 Å². The number of aryl methyl sites for hydroxylation is 1. The van der Waals surface area contributed by atoms with E-state index >= 15 is 0 Å². The summed E-state index contributed by atoms with van der Waals surface area (Å²) in [7, 11) is 1.34. The number of carbonyl (C=O) groups excluding carboxylic acids is 1. The lowest BCUT2D eigenvalue weighted by molar-refractivity contribution is 0.0601. The van der Waals surface area contributed by atoms with Crippen molar-refractivity contribution in [2.24, 2.45) is 0 Å². The van der Waals surface area contributed by atoms with E-state index in [0.717, 1.165) is 5.56 Å². The van der Waals surface area contributed by atoms with Gasteiger partial charge in [0.05, 0.1) is 24.4 Å². The van der Waals surface area contributed by atoms with Crippen LogP contribution in [-0.2, 0) is 11.2 Å². The minimum absolute atomic E-state index is 0.341. The number of esters is 1. The number of methoxy groups -OCH3 is 1. The molecule has 1 N–H and O–H groups in total. The first kappa shape index (κ1) is 14.2. The van der Waals surface area contributed by atoms with Crippen molar-refractivity contribution in [3.63, 3.8) is 0 Å². The lowest BCUT2D eigenvalue weighted by Crippen LogP contribution is -2.00. The number of hydrogen-bond acceptors (Lipinski definition) is 4. The molecule has 0 saturated carbocycles. The molecule has 0 fully saturated rings. The van der Waals surface area contributed by atoms with Gasteiger partial charge in [0, 0.05) is 11.1 Å². The maximum Gasteiger partial charge on any atom is 0.337 e. The lowest BCUT2D eigenvalue weighted by atomic mass is 10.1. The van der Waals surface area contributed by atoms with Gasteiger partial charge >= 0.3 is 5.97 Å². The van der Waals surface area contributed by atoms with E-state index in [0.29, 0.717) is 34.5 Å². The predicted octanol–water partition coefficient (Wildman–Crippen LogP) is 3.11. The molecule has 0 unspecified atom stereocenters. The first-order valence-corrected chi connectivity index (χ1v) is 6.86. The van der Waals surface area contributed by atoms with Crippen LogP contribution in [0.5, 0.6) is 0 Å². The summed E-state index contributed by atoms with van der Waals surface area (Å²) in [5.74, 6) is -0.154. The molecule has 22 heavy (non-hydrogen) atoms. The highest BCUT2D eigenvalue weighted by Gasteiger charge is 2.13. The van der Waals surface area contributed by atoms with Crippen LogP contribution in [0.4, 0.5) is 4.39 Å². The Morgan fingerprint density at radius 1 is 1.32 bits per heavy atom. The summed E-state index contributed by atoms with van der Waals surface area (Å²) in [6.07, 6.45) is 1.74. The molecule has 6 heteroatoms. The molecule has 0 aliphatic heterocycles. The van der Waals surface area contributed by atoms with Crippen molar-refractivity contribution in [3.05, 3.63) is 47.4 Å². The third-order valence-corrected chi connectivity index (χ3v) is 3.51. The van der Waals surface area contributed by atoms with Gasteiger partial charge in [0.2, 0.25) is 0 Å². The van der Waals surface area contributed by atoms with Crippen molar-refractivity contribution in [2.45, 2.75) is 13.3 Å². The Labute approximate surface area is 126 Å². The summed E-state index contributed by atoms with van der Waals surface area (Å²) in [4.78, 5) is 22.9. The minimum Gasteiger partial charge on any atom is -0.465 e. The van der Waals surface area contributed by atoms with Gasteiger partial charge in [-0.15, -0.1) is 0 Å². The molecule has 0 aliphatic carbocycles. The van der Waals surface area contributed by atoms with Crippen LogP contribution in [0.15, 0.2) is 30.5 Å². The second kappa shape index (κ2) is 5.55. The monoisotopic (exact) mass is 299 g/mol. The number of H-pyrrole nitrogens is 1. The van der Waals surface area contributed by atoms with Crippen LogP contribution in [0.3, 0.4) is 0 Å². The van der Waals surface area contributed by atoms with Crippen molar-refractivity contribution in [1.82, 2.24) is 15.0 Å². The van der Waals surface area contributed by atoms with E-state index in [4.69, 9.17) is 0 Å². The Hall–Kier alpha value is -2.76. The molecule has 0 atom stereocenters. The number of imidazole rings is 1. The van der Waals surface area contributed by atoms with Crippen LogP contribution >= 0.6 is 0 Å². The van der Waals surface area contributed by atoms with Crippen LogP contribution in [0, 0.1) is 5.82 Å². The molecule has 1 aromatic carbocycles. The number of halogens is 1. The number of hydrogen-bond donors (Lipinski definition) is 1. The van der Waals surface area contributed by atoms with Crippen molar-refractivity contribution in [3.8, 4) is 11.4 Å². The van der Waals surface area contributed by atoms with Crippen LogP contribution in [0.2, 0.25) is 0 Å². The predicted molar refractivity (Wildman–Crippen MR) is 80.0 cm³/mol. The van der Waals surface area contributed by atoms with E-state index in [2.05, 4.69) is 19.7 Å². The lowest BCUT2D eigenvalue weighted by Gasteiger charge is -2.00. The maximum absolute atomic E-state index is 13.8. The number of rotatable bonds is 3. The maximum atomic E-state index is 13.8. The average Bonchev–Trinajstić information content (AvgIpc) is 2.98. The summed E-state index contributed by atoms with van der Waals surface area (Å²) in [6, 6.07) is 6.82. The van der Waals surface area contributed by atoms with E-state index in [1.54, 1.807) is 24.3 Å². The topological polar surface area (TPSA) is 67.9 Å². The van der Waals surface area contributed by atoms with Crippen molar-refractivity contribution in [2.75, 3.05) is 7.11 Å². The van der Waals surface area contributed by atoms with Gasteiger partial charge in [0.15, 0.2) is 5.65 Å². The number of carbonyl (C=O) groups is 1. The standard InChI is InChI=1S/C16H14FN3O2/c1-3-11-12(17)8-18-15-13(11)19-14(20-15)9-4-6-10(7-5-9)16(21)22-2/h4-8H,3H2,1-2H3,(H,18,19,20). The Balaban J connectivity index is 2.05. The Bertz CT molecular complexity index is 840. The molecule has 112 valence electrons. The van der Waals surface area contributed by atoms with E-state index in [1.807, 2.05) is 6.92 Å². The number of benzene rings is 1. The summed E-state index contributed by atoms with van der Waals surface area (Å²) < 4.78 is 18.4. The summed E-state index contributed by atoms with van der Waals surface area (Å²) >= 11 is 0. The molecule has 2 aromatic heterocycles. The van der Waals surface area contributed by atoms with Crippen LogP contribution in [0.1, 0.15) is 22.8 Å². The van der Waals surface area contributed by atoms with Crippen LogP contribution in [0.25, 0.3) is 22.6 Å². The first-order chi connectivity index (χ1) is 10.6. The van der Waals surface area contributed by atoms with E-state index in [9.17, 15) is 9.18 Å². The van der Waals surface area contributed by atoms with Gasteiger partial charge in [-0.2, -0.15) is 0 Å². The quantitative estimate of drug-likeness (QED) is 0.755. The van der Waals surface area contributed by atoms with E-state index in [-0.39, 0.29) is 5.82 Å². The molecular formula is C16H14FN3O2. The van der Waals surface area contributed by atoms with Gasteiger partial charge in [-0.05, 0) is 18.6 Å². The number of aromatic nitrogens is 3. The number of aromatic amines is 1. The molecule has 0 aliphatic rings. The zero-order valence-corrected chi connectivity index (χ0v) is 12.2. The van der Waals surface area contributed by atoms with E-state index < -0.39 is 5.97 Å². The molecule has 0 spiro atoms. The van der Waals surface area contributed by atoms with Crippen LogP contribution < -0.4 is 0 Å². The highest BCUT2D eigenvalue weighted by Crippen LogP contribution is 2.23. The third-order valence-electron chi connectivity index (χ3n) is 3.51. The highest BCUT2D eigenvalue weighted by molar-refractivity contribution is 5.90. The summed E-state index contributed by atoms with van der Waals surface area (Å²) in [6.45, 7) is 1.88. The first-order valence-electron chi connectivity index (χ1n) is 6.86. The average molecular weight is 299 g/mol. The SMILES string of the molecule is CCc1c(F)cnc2nc(-c3ccc(C(=O)OC)cc3)[nH]c12. The van der Waals surface area contributed by atoms with Gasteiger partial charge < -0.3 is 9.72 Å². The molecule has 0 amide bonds. The van der Waals surface area contributed by atoms with Gasteiger partial charge in [0.1, 0.15) is 11.6 Å². The smallest absolute Gasteiger partial charge is 0.337 e. The highest BCUT2D eigenvalue weighted by atomic mass is 19.1. The van der Waals surface area contributed by atoms with Crippen LogP contribution in [-0.4, -0.2) is 28.0 Å². The Kier molecular flexibility index (Phi) is 3.58. The molecule has 0 saturated heterocycles. The fourth-order valence-electron chi connectivity index (χ4n) is 2.35. The third kappa shape index (κ3) is 2.32. The number of nitrogens with zero attached hydrogens (tertiary/aromatic N) is 2. The van der Waals surface area contributed by atoms with Crippen molar-refractivity contribution >= 4 is 17.1 Å². The molecule has 3 rings (SSSR count). The van der Waals surface area contributed by atoms with Crippen molar-refractivity contribution in [1.29, 1.82) is 0 Å². The van der Waals surface area contributed by atoms with Gasteiger partial charge in [0.25, 0.3) is 0 Å². The zero-order valence-electron chi connectivity index (χ0n) is 12.2. The zero-order chi connectivity index (χ0) is 15.7.